The fourth-order valence-electron chi connectivity index (χ4n) is 1.66. The molecule has 0 aliphatic heterocycles. The Kier molecular flexibility index (Phi) is 4.88. The summed E-state index contributed by atoms with van der Waals surface area (Å²) >= 11 is 13.6. The average Bonchev–Trinajstić information content (AvgIpc) is 2.42. The second kappa shape index (κ2) is 6.44. The van der Waals surface area contributed by atoms with Crippen molar-refractivity contribution >= 4 is 41.2 Å². The van der Waals surface area contributed by atoms with Gasteiger partial charge >= 0.3 is 0 Å². The summed E-state index contributed by atoms with van der Waals surface area (Å²) in [6.07, 6.45) is 0.828. The van der Waals surface area contributed by atoms with E-state index in [2.05, 4.69) is 0 Å². The molecule has 0 aliphatic rings. The van der Waals surface area contributed by atoms with Crippen LogP contribution in [-0.4, -0.2) is 6.29 Å². The fraction of sp³-hybridized carbons (Fsp3) is 0.0714. The minimum Gasteiger partial charge on any atom is -0.326 e. The molecule has 0 radical (unpaired) electrons. The van der Waals surface area contributed by atoms with Gasteiger partial charge in [0.2, 0.25) is 0 Å². The van der Waals surface area contributed by atoms with Crippen molar-refractivity contribution in [2.75, 3.05) is 0 Å². The first-order valence-electron chi connectivity index (χ1n) is 5.55. The molecule has 0 aliphatic carbocycles. The lowest BCUT2D eigenvalue weighted by molar-refractivity contribution is 0.112. The Hall–Kier alpha value is -1.00. The first-order valence-corrected chi connectivity index (χ1v) is 7.13. The fourth-order valence-corrected chi connectivity index (χ4v) is 3.34. The van der Waals surface area contributed by atoms with E-state index in [0.29, 0.717) is 22.2 Å². The van der Waals surface area contributed by atoms with Gasteiger partial charge in [0.05, 0.1) is 5.02 Å². The Morgan fingerprint density at radius 2 is 1.95 bits per heavy atom. The van der Waals surface area contributed by atoms with Gasteiger partial charge in [-0.2, -0.15) is 0 Å². The van der Waals surface area contributed by atoms with Gasteiger partial charge in [-0.15, -0.1) is 0 Å². The van der Waals surface area contributed by atoms with Gasteiger partial charge in [0.1, 0.15) is 0 Å². The third-order valence-electron chi connectivity index (χ3n) is 2.56. The summed E-state index contributed by atoms with van der Waals surface area (Å²) in [4.78, 5) is 12.7. The minimum atomic E-state index is 0.339. The van der Waals surface area contributed by atoms with Crippen molar-refractivity contribution in [3.8, 4) is 0 Å². The Bertz CT molecular complexity index is 616. The smallest absolute Gasteiger partial charge is 0.151 e. The van der Waals surface area contributed by atoms with Crippen LogP contribution in [0.2, 0.25) is 10.0 Å². The molecule has 2 aromatic rings. The van der Waals surface area contributed by atoms with E-state index in [9.17, 15) is 4.79 Å². The van der Waals surface area contributed by atoms with Gasteiger partial charge in [-0.3, -0.25) is 4.79 Å². The molecule has 0 saturated heterocycles. The van der Waals surface area contributed by atoms with E-state index in [1.807, 2.05) is 18.2 Å². The van der Waals surface area contributed by atoms with Crippen molar-refractivity contribution in [1.82, 2.24) is 0 Å². The molecule has 0 fully saturated rings. The van der Waals surface area contributed by atoms with E-state index in [1.165, 1.54) is 11.8 Å². The third-order valence-corrected chi connectivity index (χ3v) is 4.47. The summed E-state index contributed by atoms with van der Waals surface area (Å²) in [5, 5.41) is 1.09. The highest BCUT2D eigenvalue weighted by Crippen LogP contribution is 2.38. The molecular formula is C14H11Cl2NOS. The van der Waals surface area contributed by atoms with Crippen molar-refractivity contribution in [2.24, 2.45) is 5.73 Å². The largest absolute Gasteiger partial charge is 0.326 e. The number of benzene rings is 2. The number of rotatable bonds is 4. The Morgan fingerprint density at radius 1 is 1.21 bits per heavy atom. The van der Waals surface area contributed by atoms with Crippen LogP contribution in [-0.2, 0) is 6.54 Å². The maximum Gasteiger partial charge on any atom is 0.151 e. The maximum atomic E-state index is 11.0. The lowest BCUT2D eigenvalue weighted by Crippen LogP contribution is -1.99. The number of halogens is 2. The van der Waals surface area contributed by atoms with Crippen molar-refractivity contribution in [3.63, 3.8) is 0 Å². The maximum absolute atomic E-state index is 11.0. The second-order valence-electron chi connectivity index (χ2n) is 3.84. The highest BCUT2D eigenvalue weighted by Gasteiger charge is 2.12. The van der Waals surface area contributed by atoms with Crippen molar-refractivity contribution in [2.45, 2.75) is 16.3 Å². The number of hydrogen-bond acceptors (Lipinski definition) is 3. The first-order chi connectivity index (χ1) is 9.15. The van der Waals surface area contributed by atoms with Gasteiger partial charge in [-0.1, -0.05) is 53.2 Å². The van der Waals surface area contributed by atoms with Gasteiger partial charge in [-0.05, 0) is 23.8 Å². The number of aldehydes is 1. The number of carbonyl (C=O) groups excluding carboxylic acids is 1. The lowest BCUT2D eigenvalue weighted by atomic mass is 10.2. The van der Waals surface area contributed by atoms with Crippen LogP contribution in [0.5, 0.6) is 0 Å². The van der Waals surface area contributed by atoms with Crippen LogP contribution in [0.25, 0.3) is 0 Å². The zero-order chi connectivity index (χ0) is 13.8. The van der Waals surface area contributed by atoms with E-state index in [4.69, 9.17) is 28.9 Å². The quantitative estimate of drug-likeness (QED) is 0.850. The molecule has 0 aromatic heterocycles. The number of carbonyl (C=O) groups is 1. The van der Waals surface area contributed by atoms with Gasteiger partial charge in [0.25, 0.3) is 0 Å². The van der Waals surface area contributed by atoms with Crippen LogP contribution in [0.4, 0.5) is 0 Å². The molecule has 98 valence electrons. The molecule has 0 heterocycles. The molecule has 2 nitrogen and oxygen atoms in total. The van der Waals surface area contributed by atoms with Crippen molar-refractivity contribution in [1.29, 1.82) is 0 Å². The summed E-state index contributed by atoms with van der Waals surface area (Å²) in [5.41, 5.74) is 7.20. The molecule has 2 aromatic carbocycles. The normalized spacial score (nSPS) is 10.5. The van der Waals surface area contributed by atoms with Gasteiger partial charge in [0, 0.05) is 26.9 Å². The Labute approximate surface area is 125 Å². The average molecular weight is 312 g/mol. The van der Waals surface area contributed by atoms with Gasteiger partial charge in [0.15, 0.2) is 6.29 Å². The predicted octanol–water partition coefficient (Wildman–Crippen LogP) is 4.42. The third kappa shape index (κ3) is 3.31. The van der Waals surface area contributed by atoms with E-state index in [1.54, 1.807) is 18.2 Å². The van der Waals surface area contributed by atoms with E-state index >= 15 is 0 Å². The second-order valence-corrected chi connectivity index (χ2v) is 5.73. The molecule has 0 spiro atoms. The Morgan fingerprint density at radius 3 is 2.63 bits per heavy atom. The van der Waals surface area contributed by atoms with E-state index < -0.39 is 0 Å². The zero-order valence-corrected chi connectivity index (χ0v) is 12.2. The van der Waals surface area contributed by atoms with Crippen molar-refractivity contribution in [3.05, 3.63) is 57.6 Å². The van der Waals surface area contributed by atoms with Gasteiger partial charge < -0.3 is 5.73 Å². The van der Waals surface area contributed by atoms with Crippen LogP contribution >= 0.6 is 35.0 Å². The highest BCUT2D eigenvalue weighted by atomic mass is 35.5. The monoisotopic (exact) mass is 311 g/mol. The molecule has 0 unspecified atom stereocenters. The summed E-state index contributed by atoms with van der Waals surface area (Å²) in [6, 6.07) is 10.8. The Balaban J connectivity index is 2.46. The molecule has 5 heteroatoms. The number of hydrogen-bond donors (Lipinski definition) is 1. The van der Waals surface area contributed by atoms with Crippen molar-refractivity contribution < 1.29 is 4.79 Å². The molecule has 0 atom stereocenters. The SMILES string of the molecule is NCc1cc(Cl)cc(Cl)c1Sc1ccccc1C=O. The lowest BCUT2D eigenvalue weighted by Gasteiger charge is -2.11. The van der Waals surface area contributed by atoms with Crippen LogP contribution in [0.15, 0.2) is 46.2 Å². The molecule has 19 heavy (non-hydrogen) atoms. The summed E-state index contributed by atoms with van der Waals surface area (Å²) in [5.74, 6) is 0. The van der Waals surface area contributed by atoms with Crippen LogP contribution < -0.4 is 5.73 Å². The first kappa shape index (κ1) is 14.4. The van der Waals surface area contributed by atoms with Crippen LogP contribution in [0, 0.1) is 0 Å². The highest BCUT2D eigenvalue weighted by molar-refractivity contribution is 7.99. The molecule has 0 bridgehead atoms. The predicted molar refractivity (Wildman–Crippen MR) is 80.3 cm³/mol. The summed E-state index contributed by atoms with van der Waals surface area (Å²) in [7, 11) is 0. The molecular weight excluding hydrogens is 301 g/mol. The summed E-state index contributed by atoms with van der Waals surface area (Å²) < 4.78 is 0. The van der Waals surface area contributed by atoms with Gasteiger partial charge in [-0.25, -0.2) is 0 Å². The van der Waals surface area contributed by atoms with E-state index in [0.717, 1.165) is 21.6 Å². The van der Waals surface area contributed by atoms with Crippen LogP contribution in [0.3, 0.4) is 0 Å². The molecule has 2 N–H and O–H groups in total. The molecule has 0 amide bonds. The number of nitrogens with two attached hydrogens (primary N) is 1. The van der Waals surface area contributed by atoms with E-state index in [-0.39, 0.29) is 0 Å². The molecule has 2 rings (SSSR count). The van der Waals surface area contributed by atoms with Crippen LogP contribution in [0.1, 0.15) is 15.9 Å². The molecule has 0 saturated carbocycles. The topological polar surface area (TPSA) is 43.1 Å². The summed E-state index contributed by atoms with van der Waals surface area (Å²) in [6.45, 7) is 0.339. The standard InChI is InChI=1S/C14H11Cl2NOS/c15-11-5-10(7-17)14(12(16)6-11)19-13-4-2-1-3-9(13)8-18/h1-6,8H,7,17H2. The zero-order valence-electron chi connectivity index (χ0n) is 9.90. The minimum absolute atomic E-state index is 0.339.